The molecule has 14 heavy (non-hydrogen) atoms. The minimum absolute atomic E-state index is 0.468. The summed E-state index contributed by atoms with van der Waals surface area (Å²) < 4.78 is 2.26. The first-order chi connectivity index (χ1) is 6.72. The predicted octanol–water partition coefficient (Wildman–Crippen LogP) is 1.52. The quantitative estimate of drug-likeness (QED) is 0.666. The van der Waals surface area contributed by atoms with Crippen LogP contribution in [0.1, 0.15) is 30.6 Å². The number of carbonyl (C=O) groups is 1. The Morgan fingerprint density at radius 3 is 3.14 bits per heavy atom. The van der Waals surface area contributed by atoms with Gasteiger partial charge in [0.25, 0.3) is 0 Å². The molecule has 0 N–H and O–H groups in total. The van der Waals surface area contributed by atoms with Gasteiger partial charge in [0.15, 0.2) is 0 Å². The number of aryl methyl sites for hydroxylation is 1. The third-order valence-electron chi connectivity index (χ3n) is 3.01. The lowest BCUT2D eigenvalue weighted by Crippen LogP contribution is -2.18. The number of carbonyl (C=O) groups excluding carboxylic acids is 1. The van der Waals surface area contributed by atoms with Crippen LogP contribution >= 0.6 is 0 Å². The highest BCUT2D eigenvalue weighted by Crippen LogP contribution is 2.24. The van der Waals surface area contributed by atoms with Crippen molar-refractivity contribution >= 4 is 6.29 Å². The first-order valence-electron chi connectivity index (χ1n) is 5.21. The molecule has 1 unspecified atom stereocenters. The van der Waals surface area contributed by atoms with Gasteiger partial charge in [-0.05, 0) is 25.7 Å². The Bertz CT molecular complexity index is 354. The van der Waals surface area contributed by atoms with Gasteiger partial charge in [0.05, 0.1) is 5.69 Å². The lowest BCUT2D eigenvalue weighted by atomic mass is 9.96. The van der Waals surface area contributed by atoms with Crippen molar-refractivity contribution in [3.8, 4) is 0 Å². The van der Waals surface area contributed by atoms with E-state index in [1.165, 1.54) is 12.1 Å². The van der Waals surface area contributed by atoms with Gasteiger partial charge >= 0.3 is 0 Å². The zero-order valence-corrected chi connectivity index (χ0v) is 8.79. The van der Waals surface area contributed by atoms with Crippen molar-refractivity contribution in [2.45, 2.75) is 39.7 Å². The number of aromatic nitrogens is 2. The number of fused-ring (bicyclic) bond motifs is 1. The summed E-state index contributed by atoms with van der Waals surface area (Å²) in [5, 5.41) is 0. The van der Waals surface area contributed by atoms with Crippen molar-refractivity contribution < 1.29 is 4.79 Å². The Hall–Kier alpha value is -1.12. The fourth-order valence-corrected chi connectivity index (χ4v) is 2.22. The number of hydrogen-bond donors (Lipinski definition) is 0. The maximum atomic E-state index is 10.5. The highest BCUT2D eigenvalue weighted by Gasteiger charge is 2.20. The van der Waals surface area contributed by atoms with Crippen LogP contribution < -0.4 is 0 Å². The van der Waals surface area contributed by atoms with Gasteiger partial charge in [-0.25, -0.2) is 4.98 Å². The Morgan fingerprint density at radius 2 is 2.43 bits per heavy atom. The number of rotatable bonds is 2. The summed E-state index contributed by atoms with van der Waals surface area (Å²) in [5.74, 6) is 1.78. The minimum atomic E-state index is 0.468. The van der Waals surface area contributed by atoms with E-state index in [-0.39, 0.29) is 0 Å². The van der Waals surface area contributed by atoms with Gasteiger partial charge in [0, 0.05) is 18.7 Å². The second-order valence-electron chi connectivity index (χ2n) is 4.17. The molecule has 0 fully saturated rings. The average Bonchev–Trinajstić information content (AvgIpc) is 2.44. The maximum Gasteiger partial charge on any atom is 0.126 e. The topological polar surface area (TPSA) is 34.9 Å². The molecule has 2 heterocycles. The van der Waals surface area contributed by atoms with Gasteiger partial charge in [-0.3, -0.25) is 0 Å². The summed E-state index contributed by atoms with van der Waals surface area (Å²) in [7, 11) is 0. The van der Waals surface area contributed by atoms with E-state index in [0.29, 0.717) is 6.42 Å². The number of imidazole rings is 1. The van der Waals surface area contributed by atoms with Crippen LogP contribution in [0.2, 0.25) is 0 Å². The second kappa shape index (κ2) is 3.56. The molecule has 0 spiro atoms. The third-order valence-corrected chi connectivity index (χ3v) is 3.01. The fraction of sp³-hybridized carbons (Fsp3) is 0.636. The van der Waals surface area contributed by atoms with Crippen LogP contribution in [0, 0.1) is 12.8 Å². The van der Waals surface area contributed by atoms with E-state index >= 15 is 0 Å². The molecule has 3 heteroatoms. The molecule has 0 saturated carbocycles. The van der Waals surface area contributed by atoms with E-state index in [1.807, 2.05) is 6.92 Å². The van der Waals surface area contributed by atoms with Crippen LogP contribution in [-0.2, 0) is 24.2 Å². The van der Waals surface area contributed by atoms with Crippen molar-refractivity contribution in [1.29, 1.82) is 0 Å². The largest absolute Gasteiger partial charge is 0.332 e. The van der Waals surface area contributed by atoms with Crippen LogP contribution in [0.5, 0.6) is 0 Å². The van der Waals surface area contributed by atoms with E-state index in [2.05, 4.69) is 16.5 Å². The van der Waals surface area contributed by atoms with Gasteiger partial charge in [-0.1, -0.05) is 6.92 Å². The van der Waals surface area contributed by atoms with E-state index < -0.39 is 0 Å². The summed E-state index contributed by atoms with van der Waals surface area (Å²) in [6.07, 6.45) is 3.71. The van der Waals surface area contributed by atoms with Gasteiger partial charge in [0.1, 0.15) is 12.1 Å². The molecule has 0 bridgehead atoms. The number of aldehydes is 1. The van der Waals surface area contributed by atoms with Gasteiger partial charge < -0.3 is 9.36 Å². The molecule has 0 saturated heterocycles. The maximum absolute atomic E-state index is 10.5. The van der Waals surface area contributed by atoms with Crippen molar-refractivity contribution in [3.05, 3.63) is 17.2 Å². The fourth-order valence-electron chi connectivity index (χ4n) is 2.22. The lowest BCUT2D eigenvalue weighted by Gasteiger charge is -2.21. The van der Waals surface area contributed by atoms with Crippen LogP contribution in [0.4, 0.5) is 0 Å². The molecular weight excluding hydrogens is 176 g/mol. The zero-order chi connectivity index (χ0) is 10.1. The van der Waals surface area contributed by atoms with Crippen molar-refractivity contribution in [2.24, 2.45) is 5.92 Å². The van der Waals surface area contributed by atoms with Crippen LogP contribution in [0.15, 0.2) is 0 Å². The highest BCUT2D eigenvalue weighted by molar-refractivity contribution is 5.54. The van der Waals surface area contributed by atoms with Gasteiger partial charge in [0.2, 0.25) is 0 Å². The molecule has 1 aliphatic rings. The Morgan fingerprint density at radius 1 is 1.64 bits per heavy atom. The first kappa shape index (κ1) is 9.44. The molecule has 2 rings (SSSR count). The molecular formula is C11H16N2O. The van der Waals surface area contributed by atoms with E-state index in [0.717, 1.165) is 36.7 Å². The van der Waals surface area contributed by atoms with E-state index in [1.54, 1.807) is 0 Å². The molecule has 0 aliphatic carbocycles. The molecule has 1 aromatic rings. The molecule has 0 amide bonds. The number of hydrogen-bond acceptors (Lipinski definition) is 2. The summed E-state index contributed by atoms with van der Waals surface area (Å²) >= 11 is 0. The second-order valence-corrected chi connectivity index (χ2v) is 4.17. The van der Waals surface area contributed by atoms with Gasteiger partial charge in [-0.15, -0.1) is 0 Å². The summed E-state index contributed by atoms with van der Waals surface area (Å²) in [4.78, 5) is 14.9. The van der Waals surface area contributed by atoms with Crippen LogP contribution in [0.25, 0.3) is 0 Å². The molecule has 3 nitrogen and oxygen atoms in total. The monoisotopic (exact) mass is 192 g/mol. The number of nitrogens with zero attached hydrogens (tertiary/aromatic N) is 2. The normalized spacial score (nSPS) is 20.6. The van der Waals surface area contributed by atoms with Crippen LogP contribution in [0.3, 0.4) is 0 Å². The van der Waals surface area contributed by atoms with Gasteiger partial charge in [-0.2, -0.15) is 0 Å². The van der Waals surface area contributed by atoms with Crippen molar-refractivity contribution in [1.82, 2.24) is 9.55 Å². The lowest BCUT2D eigenvalue weighted by molar-refractivity contribution is -0.107. The molecule has 76 valence electrons. The summed E-state index contributed by atoms with van der Waals surface area (Å²) in [6, 6.07) is 0. The van der Waals surface area contributed by atoms with Crippen molar-refractivity contribution in [3.63, 3.8) is 0 Å². The summed E-state index contributed by atoms with van der Waals surface area (Å²) in [5.41, 5.74) is 2.28. The highest BCUT2D eigenvalue weighted by atomic mass is 16.1. The van der Waals surface area contributed by atoms with E-state index in [4.69, 9.17) is 0 Å². The average molecular weight is 192 g/mol. The summed E-state index contributed by atoms with van der Waals surface area (Å²) in [6.45, 7) is 5.35. The molecule has 1 aliphatic heterocycles. The van der Waals surface area contributed by atoms with E-state index in [9.17, 15) is 4.79 Å². The predicted molar refractivity (Wildman–Crippen MR) is 54.2 cm³/mol. The zero-order valence-electron chi connectivity index (χ0n) is 8.79. The Balaban J connectivity index is 2.39. The standard InChI is InChI=1S/C11H16N2O/c1-8-3-5-13-9(2)12-10(4-6-14)11(13)7-8/h6,8H,3-5,7H2,1-2H3. The van der Waals surface area contributed by atoms with Crippen molar-refractivity contribution in [2.75, 3.05) is 0 Å². The molecule has 0 radical (unpaired) electrons. The molecule has 1 aromatic heterocycles. The SMILES string of the molecule is Cc1nc(CC=O)c2n1CCC(C)C2. The minimum Gasteiger partial charge on any atom is -0.332 e. The Labute approximate surface area is 84.1 Å². The smallest absolute Gasteiger partial charge is 0.126 e. The third kappa shape index (κ3) is 1.47. The Kier molecular flexibility index (Phi) is 2.40. The molecule has 0 aromatic carbocycles. The van der Waals surface area contributed by atoms with Crippen LogP contribution in [-0.4, -0.2) is 15.8 Å². The first-order valence-corrected chi connectivity index (χ1v) is 5.21. The molecule has 1 atom stereocenters.